The molecular formula is C18H23N. The van der Waals surface area contributed by atoms with E-state index in [2.05, 4.69) is 76.0 Å². The van der Waals surface area contributed by atoms with E-state index in [1.165, 1.54) is 22.3 Å². The van der Waals surface area contributed by atoms with Crippen LogP contribution < -0.4 is 0 Å². The molecule has 1 unspecified atom stereocenters. The zero-order valence-corrected chi connectivity index (χ0v) is 12.6. The van der Waals surface area contributed by atoms with E-state index in [-0.39, 0.29) is 5.54 Å². The van der Waals surface area contributed by atoms with Crippen molar-refractivity contribution in [2.24, 2.45) is 4.99 Å². The van der Waals surface area contributed by atoms with Crippen LogP contribution in [0.4, 0.5) is 0 Å². The van der Waals surface area contributed by atoms with E-state index >= 15 is 0 Å². The van der Waals surface area contributed by atoms with Gasteiger partial charge in [-0.25, -0.2) is 0 Å². The Balaban J connectivity index is 2.38. The molecule has 0 spiro atoms. The van der Waals surface area contributed by atoms with Crippen LogP contribution in [0.25, 0.3) is 0 Å². The third-order valence-corrected chi connectivity index (χ3v) is 3.30. The number of nitrogens with zero attached hydrogens (tertiary/aromatic N) is 1. The van der Waals surface area contributed by atoms with Crippen molar-refractivity contribution in [3.05, 3.63) is 58.7 Å². The van der Waals surface area contributed by atoms with Gasteiger partial charge in [0.15, 0.2) is 0 Å². The van der Waals surface area contributed by atoms with Crippen molar-refractivity contribution >= 4 is 6.21 Å². The van der Waals surface area contributed by atoms with E-state index in [0.717, 1.165) is 0 Å². The molecule has 19 heavy (non-hydrogen) atoms. The molecule has 1 nitrogen and oxygen atoms in total. The molecule has 0 aliphatic heterocycles. The summed E-state index contributed by atoms with van der Waals surface area (Å²) in [4.78, 5) is 4.64. The maximum absolute atomic E-state index is 4.64. The Morgan fingerprint density at radius 1 is 1.11 bits per heavy atom. The van der Waals surface area contributed by atoms with Crippen molar-refractivity contribution in [2.75, 3.05) is 0 Å². The van der Waals surface area contributed by atoms with Gasteiger partial charge in [0.05, 0.1) is 5.54 Å². The molecule has 0 bridgehead atoms. The van der Waals surface area contributed by atoms with Crippen LogP contribution in [0.1, 0.15) is 51.7 Å². The summed E-state index contributed by atoms with van der Waals surface area (Å²) < 4.78 is 0. The Morgan fingerprint density at radius 3 is 2.37 bits per heavy atom. The average molecular weight is 253 g/mol. The Hall–Kier alpha value is -1.63. The normalized spacial score (nSPS) is 19.7. The summed E-state index contributed by atoms with van der Waals surface area (Å²) in [5, 5.41) is 0. The van der Waals surface area contributed by atoms with E-state index < -0.39 is 0 Å². The second-order valence-electron chi connectivity index (χ2n) is 6.33. The average Bonchev–Trinajstić information content (AvgIpc) is 2.65. The fraction of sp³-hybridized carbons (Fsp3) is 0.389. The Kier molecular flexibility index (Phi) is 3.75. The lowest BCUT2D eigenvalue weighted by Gasteiger charge is -2.15. The molecule has 1 heteroatoms. The van der Waals surface area contributed by atoms with Gasteiger partial charge in [0.25, 0.3) is 0 Å². The summed E-state index contributed by atoms with van der Waals surface area (Å²) in [7, 11) is 0. The second-order valence-corrected chi connectivity index (χ2v) is 6.33. The molecule has 1 aromatic rings. The van der Waals surface area contributed by atoms with Gasteiger partial charge in [0, 0.05) is 12.1 Å². The minimum Gasteiger partial charge on any atom is -0.287 e. The first-order valence-electron chi connectivity index (χ1n) is 6.87. The predicted molar refractivity (Wildman–Crippen MR) is 84.0 cm³/mol. The van der Waals surface area contributed by atoms with Crippen LogP contribution in [-0.2, 0) is 0 Å². The monoisotopic (exact) mass is 253 g/mol. The first-order valence-corrected chi connectivity index (χ1v) is 6.87. The van der Waals surface area contributed by atoms with Crippen LogP contribution in [0.3, 0.4) is 0 Å². The van der Waals surface area contributed by atoms with E-state index in [9.17, 15) is 0 Å². The smallest absolute Gasteiger partial charge is 0.0524 e. The SMILES string of the molecule is CC1=CC(c2ccccc2C=NC(C)(C)C)C(C)=C1. The summed E-state index contributed by atoms with van der Waals surface area (Å²) in [6, 6.07) is 8.55. The van der Waals surface area contributed by atoms with E-state index in [4.69, 9.17) is 0 Å². The Bertz CT molecular complexity index is 553. The number of allylic oxidation sites excluding steroid dienone is 4. The molecule has 0 aromatic heterocycles. The van der Waals surface area contributed by atoms with Crippen LogP contribution in [0.5, 0.6) is 0 Å². The lowest BCUT2D eigenvalue weighted by molar-refractivity contribution is 0.586. The number of hydrogen-bond acceptors (Lipinski definition) is 1. The van der Waals surface area contributed by atoms with Gasteiger partial charge in [0.2, 0.25) is 0 Å². The summed E-state index contributed by atoms with van der Waals surface area (Å²) in [5.74, 6) is 0.405. The molecule has 100 valence electrons. The highest BCUT2D eigenvalue weighted by atomic mass is 14.8. The molecule has 0 saturated heterocycles. The maximum atomic E-state index is 4.64. The van der Waals surface area contributed by atoms with Crippen molar-refractivity contribution in [1.29, 1.82) is 0 Å². The number of benzene rings is 1. The van der Waals surface area contributed by atoms with Crippen LogP contribution >= 0.6 is 0 Å². The van der Waals surface area contributed by atoms with Crippen molar-refractivity contribution in [3.8, 4) is 0 Å². The topological polar surface area (TPSA) is 12.4 Å². The molecule has 0 amide bonds. The Labute approximate surface area is 116 Å². The van der Waals surface area contributed by atoms with E-state index in [1.54, 1.807) is 0 Å². The first kappa shape index (κ1) is 13.8. The lowest BCUT2D eigenvalue weighted by atomic mass is 9.91. The minimum absolute atomic E-state index is 0.0283. The standard InChI is InChI=1S/C18H23N/c1-13-10-14(2)17(11-13)16-9-7-6-8-15(16)12-19-18(3,4)5/h6-12,17H,1-5H3. The Morgan fingerprint density at radius 2 is 1.79 bits per heavy atom. The van der Waals surface area contributed by atoms with Crippen molar-refractivity contribution < 1.29 is 0 Å². The lowest BCUT2D eigenvalue weighted by Crippen LogP contribution is -2.10. The molecule has 1 aliphatic rings. The van der Waals surface area contributed by atoms with Gasteiger partial charge in [-0.05, 0) is 45.7 Å². The summed E-state index contributed by atoms with van der Waals surface area (Å²) in [6.45, 7) is 10.7. The second kappa shape index (κ2) is 5.16. The molecule has 0 N–H and O–H groups in total. The van der Waals surface area contributed by atoms with Gasteiger partial charge >= 0.3 is 0 Å². The van der Waals surface area contributed by atoms with Gasteiger partial charge < -0.3 is 0 Å². The fourth-order valence-electron chi connectivity index (χ4n) is 2.40. The highest BCUT2D eigenvalue weighted by Crippen LogP contribution is 2.34. The molecule has 0 radical (unpaired) electrons. The van der Waals surface area contributed by atoms with Crippen molar-refractivity contribution in [3.63, 3.8) is 0 Å². The van der Waals surface area contributed by atoms with Gasteiger partial charge in [-0.15, -0.1) is 0 Å². The predicted octanol–water partition coefficient (Wildman–Crippen LogP) is 4.89. The number of hydrogen-bond donors (Lipinski definition) is 0. The van der Waals surface area contributed by atoms with Crippen LogP contribution in [0.15, 0.2) is 52.6 Å². The number of aliphatic imine (C=N–C) groups is 1. The van der Waals surface area contributed by atoms with Crippen molar-refractivity contribution in [1.82, 2.24) is 0 Å². The third-order valence-electron chi connectivity index (χ3n) is 3.30. The van der Waals surface area contributed by atoms with Gasteiger partial charge in [-0.3, -0.25) is 4.99 Å². The van der Waals surface area contributed by atoms with Crippen molar-refractivity contribution in [2.45, 2.75) is 46.1 Å². The molecule has 1 atom stereocenters. The van der Waals surface area contributed by atoms with E-state index in [1.807, 2.05) is 6.21 Å². The number of rotatable bonds is 2. The minimum atomic E-state index is -0.0283. The molecule has 0 fully saturated rings. The highest BCUT2D eigenvalue weighted by Gasteiger charge is 2.18. The quantitative estimate of drug-likeness (QED) is 0.665. The first-order chi connectivity index (χ1) is 8.87. The molecule has 0 heterocycles. The zero-order chi connectivity index (χ0) is 14.0. The molecule has 2 rings (SSSR count). The molecule has 1 aliphatic carbocycles. The van der Waals surface area contributed by atoms with Gasteiger partial charge in [-0.2, -0.15) is 0 Å². The van der Waals surface area contributed by atoms with Gasteiger partial charge in [0.1, 0.15) is 0 Å². The fourth-order valence-corrected chi connectivity index (χ4v) is 2.40. The summed E-state index contributed by atoms with van der Waals surface area (Å²) in [5.41, 5.74) is 5.31. The summed E-state index contributed by atoms with van der Waals surface area (Å²) in [6.07, 6.45) is 6.62. The largest absolute Gasteiger partial charge is 0.287 e. The van der Waals surface area contributed by atoms with Gasteiger partial charge in [-0.1, -0.05) is 47.6 Å². The highest BCUT2D eigenvalue weighted by molar-refractivity contribution is 5.83. The van der Waals surface area contributed by atoms with Crippen LogP contribution in [0, 0.1) is 0 Å². The zero-order valence-electron chi connectivity index (χ0n) is 12.6. The molecular weight excluding hydrogens is 230 g/mol. The molecule has 1 aromatic carbocycles. The van der Waals surface area contributed by atoms with E-state index in [0.29, 0.717) is 5.92 Å². The third kappa shape index (κ3) is 3.44. The van der Waals surface area contributed by atoms with Crippen LogP contribution in [-0.4, -0.2) is 11.8 Å². The maximum Gasteiger partial charge on any atom is 0.0524 e. The van der Waals surface area contributed by atoms with Crippen LogP contribution in [0.2, 0.25) is 0 Å². The molecule has 0 saturated carbocycles. The summed E-state index contributed by atoms with van der Waals surface area (Å²) >= 11 is 0.